The Morgan fingerprint density at radius 3 is 1.00 bits per heavy atom. The van der Waals surface area contributed by atoms with Gasteiger partial charge in [-0.25, -0.2) is 87.8 Å². The van der Waals surface area contributed by atoms with Gasteiger partial charge in [0.1, 0.15) is 52.7 Å². The van der Waals surface area contributed by atoms with Gasteiger partial charge >= 0.3 is 0 Å². The second-order valence-electron chi connectivity index (χ2n) is 14.6. The summed E-state index contributed by atoms with van der Waals surface area (Å²) in [5.74, 6) is -71.1. The first-order valence-electron chi connectivity index (χ1n) is 18.8. The van der Waals surface area contributed by atoms with E-state index in [0.717, 1.165) is 25.7 Å². The number of hydrogen-bond acceptors (Lipinski definition) is 2. The van der Waals surface area contributed by atoms with E-state index in [4.69, 9.17) is 0 Å². The molecule has 0 N–H and O–H groups in total. The summed E-state index contributed by atoms with van der Waals surface area (Å²) in [6.07, 6.45) is -1.19. The third-order valence-corrected chi connectivity index (χ3v) is 11.0. The highest BCUT2D eigenvalue weighted by Gasteiger charge is 2.52. The maximum absolute atomic E-state index is 15.4. The van der Waals surface area contributed by atoms with Crippen molar-refractivity contribution < 1.29 is 102 Å². The van der Waals surface area contributed by atoms with Crippen LogP contribution < -0.4 is 26.4 Å². The van der Waals surface area contributed by atoms with Crippen molar-refractivity contribution in [2.24, 2.45) is 5.92 Å². The monoisotopic (exact) mass is 973 g/mol. The van der Waals surface area contributed by atoms with Crippen LogP contribution in [0, 0.1) is 122 Å². The Hall–Kier alpha value is -6.75. The fourth-order valence-electron chi connectivity index (χ4n) is 7.98. The molecule has 5 aromatic carbocycles. The summed E-state index contributed by atoms with van der Waals surface area (Å²) >= 11 is 0. The number of rotatable bonds is 9. The minimum atomic E-state index is -7.22. The fraction of sp³-hybridized carbons (Fsp3) is 0.140. The number of carbonyl (C=O) groups excluding carboxylic acids is 2. The molecular weight excluding hydrogens is 953 g/mol. The molecule has 0 saturated heterocycles. The molecule has 0 unspecified atom stereocenters. The lowest BCUT2D eigenvalue weighted by atomic mass is 9.12. The maximum Gasteiger partial charge on any atom is 0.249 e. The molecule has 3 nitrogen and oxygen atoms in total. The second kappa shape index (κ2) is 18.9. The Morgan fingerprint density at radius 2 is 0.687 bits per heavy atom. The molecule has 67 heavy (non-hydrogen) atoms. The van der Waals surface area contributed by atoms with Crippen LogP contribution in [0.15, 0.2) is 54.7 Å². The Bertz CT molecular complexity index is 2620. The number of aromatic nitrogens is 1. The number of hydrogen-bond donors (Lipinski definition) is 0. The topological polar surface area (TPSA) is 38.0 Å². The average Bonchev–Trinajstić information content (AvgIpc) is 3.87. The molecule has 0 radical (unpaired) electrons. The van der Waals surface area contributed by atoms with E-state index in [1.807, 2.05) is 54.7 Å². The molecule has 1 aliphatic rings. The molecule has 1 aromatic heterocycles. The molecule has 1 saturated carbocycles. The Balaban J connectivity index is 0.000000279. The van der Waals surface area contributed by atoms with Crippen molar-refractivity contribution >= 4 is 39.6 Å². The van der Waals surface area contributed by atoms with Crippen molar-refractivity contribution in [1.29, 1.82) is 0 Å². The predicted molar refractivity (Wildman–Crippen MR) is 193 cm³/mol. The molecule has 24 heteroatoms. The Labute approximate surface area is 361 Å². The molecule has 1 fully saturated rings. The first-order chi connectivity index (χ1) is 31.5. The van der Waals surface area contributed by atoms with Crippen LogP contribution >= 0.6 is 0 Å². The van der Waals surface area contributed by atoms with Crippen LogP contribution in [0.1, 0.15) is 46.5 Å². The zero-order valence-corrected chi connectivity index (χ0v) is 32.7. The van der Waals surface area contributed by atoms with Gasteiger partial charge in [-0.2, -0.15) is 4.57 Å². The van der Waals surface area contributed by atoms with Gasteiger partial charge in [0, 0.05) is 23.6 Å². The van der Waals surface area contributed by atoms with E-state index in [-0.39, 0.29) is 24.0 Å². The van der Waals surface area contributed by atoms with Crippen molar-refractivity contribution in [2.75, 3.05) is 0 Å². The number of pyridine rings is 1. The highest BCUT2D eigenvalue weighted by molar-refractivity contribution is 7.20. The van der Waals surface area contributed by atoms with Crippen LogP contribution in [0.5, 0.6) is 0 Å². The first-order valence-corrected chi connectivity index (χ1v) is 18.8. The summed E-state index contributed by atoms with van der Waals surface area (Å²) in [6.45, 7) is 0.207. The van der Waals surface area contributed by atoms with Gasteiger partial charge in [0.2, 0.25) is 23.8 Å². The number of carbonyl (C=O) groups is 2. The summed E-state index contributed by atoms with van der Waals surface area (Å²) < 4.78 is 296. The summed E-state index contributed by atoms with van der Waals surface area (Å²) in [5.41, 5.74) is -13.0. The minimum Gasteiger partial charge on any atom is -0.287 e. The smallest absolute Gasteiger partial charge is 0.249 e. The van der Waals surface area contributed by atoms with Crippen molar-refractivity contribution in [2.45, 2.75) is 32.2 Å². The van der Waals surface area contributed by atoms with Crippen LogP contribution in [0.2, 0.25) is 0 Å². The van der Waals surface area contributed by atoms with Gasteiger partial charge in [-0.1, -0.05) is 43.2 Å². The van der Waals surface area contributed by atoms with Gasteiger partial charge in [0.15, 0.2) is 76.0 Å². The van der Waals surface area contributed by atoms with Crippen LogP contribution in [0.4, 0.5) is 87.8 Å². The van der Waals surface area contributed by atoms with Crippen LogP contribution in [-0.4, -0.2) is 17.7 Å². The summed E-state index contributed by atoms with van der Waals surface area (Å²) in [7, 11) is 0. The van der Waals surface area contributed by atoms with Crippen LogP contribution in [0.25, 0.3) is 0 Å². The van der Waals surface area contributed by atoms with Gasteiger partial charge in [0.25, 0.3) is 0 Å². The predicted octanol–water partition coefficient (Wildman–Crippen LogP) is 9.08. The van der Waals surface area contributed by atoms with E-state index in [1.54, 1.807) is 4.57 Å². The quantitative estimate of drug-likeness (QED) is 0.0363. The summed E-state index contributed by atoms with van der Waals surface area (Å²) in [6, 6.07) is 14.8. The highest BCUT2D eigenvalue weighted by Crippen LogP contribution is 2.31. The molecule has 0 amide bonds. The lowest BCUT2D eigenvalue weighted by molar-refractivity contribution is -0.685. The van der Waals surface area contributed by atoms with E-state index in [1.165, 1.54) is 0 Å². The van der Waals surface area contributed by atoms with Gasteiger partial charge < -0.3 is 0 Å². The minimum absolute atomic E-state index is 0.0253. The van der Waals surface area contributed by atoms with Crippen LogP contribution in [-0.2, 0) is 6.54 Å². The molecule has 0 bridgehead atoms. The third-order valence-electron chi connectivity index (χ3n) is 11.0. The first kappa shape index (κ1) is 49.7. The summed E-state index contributed by atoms with van der Waals surface area (Å²) in [5, 5.41) is 0. The van der Waals surface area contributed by atoms with Crippen molar-refractivity contribution in [3.8, 4) is 0 Å². The number of benzene rings is 5. The Morgan fingerprint density at radius 1 is 0.403 bits per heavy atom. The zero-order valence-electron chi connectivity index (χ0n) is 32.7. The number of halogens is 20. The van der Waals surface area contributed by atoms with E-state index in [9.17, 15) is 62.3 Å². The van der Waals surface area contributed by atoms with Gasteiger partial charge in [-0.3, -0.25) is 9.59 Å². The van der Waals surface area contributed by atoms with E-state index >= 15 is 35.1 Å². The molecule has 0 spiro atoms. The normalized spacial score (nSPS) is 13.0. The molecule has 0 aliphatic heterocycles. The molecule has 0 atom stereocenters. The second-order valence-corrected chi connectivity index (χ2v) is 14.6. The van der Waals surface area contributed by atoms with Gasteiger partial charge in [-0.05, 0) is 18.9 Å². The average molecular weight is 973 g/mol. The molecule has 6 aromatic rings. The zero-order chi connectivity index (χ0) is 49.7. The largest absolute Gasteiger partial charge is 0.287 e. The molecule has 7 rings (SSSR count). The van der Waals surface area contributed by atoms with E-state index in [0.29, 0.717) is 11.3 Å². The van der Waals surface area contributed by atoms with Crippen LogP contribution in [0.3, 0.4) is 0 Å². The fourth-order valence-corrected chi connectivity index (χ4v) is 7.98. The lowest BCUT2D eigenvalue weighted by Crippen LogP contribution is -2.81. The molecule has 1 aliphatic carbocycles. The van der Waals surface area contributed by atoms with Crippen molar-refractivity contribution in [1.82, 2.24) is 0 Å². The lowest BCUT2D eigenvalue weighted by Gasteiger charge is -2.44. The molecular formula is C43H20BF20NO2. The maximum atomic E-state index is 15.4. The standard InChI is InChI=1S/C24BF20.C19H20NO2/c26-5-1(6(27)14(35)21(42)13(5)34)25(2-7(28)15(36)22(43)16(37)8(2)29,3-9(30)17(38)23(44)18(39)10(3)31)4-11(32)19(40)24(45)20(41)12(4)33;21-18(15-8-2-1-3-9-15)14-20-13-7-6-12-17(20)19(22)16-10-4-5-11-16/h;1-3,6-9,12-13,16H,4-5,10-11,14H2/q-1;+1. The molecule has 352 valence electrons. The van der Waals surface area contributed by atoms with E-state index < -0.39 is 144 Å². The number of Topliss-reactive ketones (excluding diaryl/α,β-unsaturated/α-hetero) is 2. The van der Waals surface area contributed by atoms with Crippen molar-refractivity contribution in [3.05, 3.63) is 182 Å². The van der Waals surface area contributed by atoms with Gasteiger partial charge in [0.05, 0.1) is 0 Å². The summed E-state index contributed by atoms with van der Waals surface area (Å²) in [4.78, 5) is 25.0. The highest BCUT2D eigenvalue weighted by atomic mass is 19.2. The third kappa shape index (κ3) is 8.06. The number of ketones is 2. The number of nitrogens with zero attached hydrogens (tertiary/aromatic N) is 1. The Kier molecular flexibility index (Phi) is 14.0. The SMILES string of the molecule is Fc1c(F)c(F)c([B-](c2c(F)c(F)c(F)c(F)c2F)(c2c(F)c(F)c(F)c(F)c2F)c2c(F)c(F)c(F)c(F)c2F)c(F)c1F.O=C(C[n+]1ccccc1C(=O)C1CCCC1)c1ccccc1. The van der Waals surface area contributed by atoms with Gasteiger partial charge in [-0.15, -0.1) is 21.9 Å². The van der Waals surface area contributed by atoms with Crippen molar-refractivity contribution in [3.63, 3.8) is 0 Å². The van der Waals surface area contributed by atoms with E-state index in [2.05, 4.69) is 0 Å². The molecule has 1 heterocycles.